The van der Waals surface area contributed by atoms with Gasteiger partial charge in [-0.1, -0.05) is 13.8 Å². The molecule has 0 amide bonds. The highest BCUT2D eigenvalue weighted by Crippen LogP contribution is 1.91. The number of carbonyl (C=O) groups excluding carboxylic acids is 4. The molecule has 0 saturated carbocycles. The Morgan fingerprint density at radius 2 is 1.06 bits per heavy atom. The van der Waals surface area contributed by atoms with E-state index in [1.807, 2.05) is 0 Å². The summed E-state index contributed by atoms with van der Waals surface area (Å²) in [4.78, 5) is 43.9. The summed E-state index contributed by atoms with van der Waals surface area (Å²) in [6.45, 7) is 3.52. The molecule has 0 atom stereocenters. The molecular weight excluding hydrogens is 216 g/mol. The van der Waals surface area contributed by atoms with Crippen molar-refractivity contribution in [1.82, 2.24) is 0 Å². The van der Waals surface area contributed by atoms with Crippen molar-refractivity contribution in [2.75, 3.05) is 13.2 Å². The smallest absolute Gasteiger partial charge is 0.383 e. The maximum Gasteiger partial charge on any atom is 0.383 e. The first-order chi connectivity index (χ1) is 7.54. The molecule has 0 rings (SSSR count). The highest BCUT2D eigenvalue weighted by atomic mass is 16.5. The Morgan fingerprint density at radius 1 is 0.750 bits per heavy atom. The minimum Gasteiger partial charge on any atom is -0.460 e. The van der Waals surface area contributed by atoms with Crippen molar-refractivity contribution in [2.45, 2.75) is 26.7 Å². The topological polar surface area (TPSA) is 86.7 Å². The van der Waals surface area contributed by atoms with Crippen LogP contribution in [-0.4, -0.2) is 36.7 Å². The molecule has 0 radical (unpaired) electrons. The molecule has 0 unspecified atom stereocenters. The number of hydrogen-bond acceptors (Lipinski definition) is 6. The van der Waals surface area contributed by atoms with Crippen LogP contribution in [0, 0.1) is 0 Å². The van der Waals surface area contributed by atoms with Gasteiger partial charge in [-0.2, -0.15) is 0 Å². The second kappa shape index (κ2) is 7.56. The largest absolute Gasteiger partial charge is 0.460 e. The zero-order valence-corrected chi connectivity index (χ0v) is 9.28. The number of carbonyl (C=O) groups is 4. The van der Waals surface area contributed by atoms with E-state index in [0.717, 1.165) is 0 Å². The van der Waals surface area contributed by atoms with Crippen molar-refractivity contribution in [1.29, 1.82) is 0 Å². The summed E-state index contributed by atoms with van der Waals surface area (Å²) < 4.78 is 8.82. The van der Waals surface area contributed by atoms with Crippen LogP contribution in [0.5, 0.6) is 0 Å². The summed E-state index contributed by atoms with van der Waals surface area (Å²) in [5.74, 6) is -5.62. The van der Waals surface area contributed by atoms with Crippen molar-refractivity contribution in [3.8, 4) is 0 Å². The highest BCUT2D eigenvalue weighted by Gasteiger charge is 2.31. The molecule has 0 aromatic carbocycles. The summed E-state index contributed by atoms with van der Waals surface area (Å²) in [5, 5.41) is 0. The Bertz CT molecular complexity index is 264. The molecular formula is C10H14O6. The first-order valence-electron chi connectivity index (χ1n) is 4.97. The van der Waals surface area contributed by atoms with Gasteiger partial charge in [0.2, 0.25) is 0 Å². The monoisotopic (exact) mass is 230 g/mol. The van der Waals surface area contributed by atoms with Gasteiger partial charge in [-0.3, -0.25) is 9.59 Å². The van der Waals surface area contributed by atoms with Gasteiger partial charge >= 0.3 is 23.5 Å². The lowest BCUT2D eigenvalue weighted by Crippen LogP contribution is -2.33. The molecule has 0 aliphatic carbocycles. The molecule has 6 nitrogen and oxygen atoms in total. The summed E-state index contributed by atoms with van der Waals surface area (Å²) in [7, 11) is 0. The Labute approximate surface area is 92.9 Å². The van der Waals surface area contributed by atoms with Crippen molar-refractivity contribution in [3.05, 3.63) is 0 Å². The van der Waals surface area contributed by atoms with Crippen LogP contribution in [0.1, 0.15) is 26.7 Å². The van der Waals surface area contributed by atoms with E-state index in [1.165, 1.54) is 0 Å². The zero-order chi connectivity index (χ0) is 12.6. The second-order valence-electron chi connectivity index (χ2n) is 2.93. The average Bonchev–Trinajstić information content (AvgIpc) is 2.30. The SMILES string of the molecule is CCCOC(=O)C(=O)C(=O)C(=O)OCCC. The van der Waals surface area contributed by atoms with Crippen LogP contribution < -0.4 is 0 Å². The summed E-state index contributed by atoms with van der Waals surface area (Å²) in [5.41, 5.74) is 0. The molecule has 6 heteroatoms. The number of hydrogen-bond donors (Lipinski definition) is 0. The van der Waals surface area contributed by atoms with Gasteiger partial charge in [0.1, 0.15) is 0 Å². The predicted octanol–water partition coefficient (Wildman–Crippen LogP) is 0.0310. The third-order valence-electron chi connectivity index (χ3n) is 1.45. The molecule has 0 spiro atoms. The lowest BCUT2D eigenvalue weighted by Gasteiger charge is -2.02. The van der Waals surface area contributed by atoms with E-state index in [-0.39, 0.29) is 13.2 Å². The van der Waals surface area contributed by atoms with E-state index in [0.29, 0.717) is 12.8 Å². The van der Waals surface area contributed by atoms with Crippen LogP contribution in [0.3, 0.4) is 0 Å². The Morgan fingerprint density at radius 3 is 1.31 bits per heavy atom. The third kappa shape index (κ3) is 4.68. The molecule has 0 N–H and O–H groups in total. The second-order valence-corrected chi connectivity index (χ2v) is 2.93. The van der Waals surface area contributed by atoms with Crippen LogP contribution in [0.4, 0.5) is 0 Å². The van der Waals surface area contributed by atoms with E-state index in [1.54, 1.807) is 13.8 Å². The van der Waals surface area contributed by atoms with Gasteiger partial charge in [-0.15, -0.1) is 0 Å². The lowest BCUT2D eigenvalue weighted by atomic mass is 10.2. The Balaban J connectivity index is 4.21. The van der Waals surface area contributed by atoms with E-state index < -0.39 is 23.5 Å². The normalized spacial score (nSPS) is 9.38. The number of ketones is 2. The van der Waals surface area contributed by atoms with Crippen LogP contribution in [-0.2, 0) is 28.7 Å². The van der Waals surface area contributed by atoms with E-state index in [2.05, 4.69) is 9.47 Å². The molecule has 0 aliphatic rings. The van der Waals surface area contributed by atoms with Gasteiger partial charge in [-0.05, 0) is 12.8 Å². The summed E-state index contributed by atoms with van der Waals surface area (Å²) in [6, 6.07) is 0. The molecule has 90 valence electrons. The quantitative estimate of drug-likeness (QED) is 0.348. The number of rotatable bonds is 7. The number of ether oxygens (including phenoxy) is 2. The molecule has 16 heavy (non-hydrogen) atoms. The van der Waals surface area contributed by atoms with Gasteiger partial charge in [0, 0.05) is 0 Å². The zero-order valence-electron chi connectivity index (χ0n) is 9.28. The van der Waals surface area contributed by atoms with E-state index in [4.69, 9.17) is 0 Å². The number of Topliss-reactive ketones (excluding diaryl/α,β-unsaturated/α-hetero) is 2. The van der Waals surface area contributed by atoms with Crippen LogP contribution >= 0.6 is 0 Å². The van der Waals surface area contributed by atoms with E-state index >= 15 is 0 Å². The molecule has 0 heterocycles. The molecule has 0 aromatic rings. The van der Waals surface area contributed by atoms with Crippen molar-refractivity contribution >= 4 is 23.5 Å². The van der Waals surface area contributed by atoms with Crippen molar-refractivity contribution in [3.63, 3.8) is 0 Å². The average molecular weight is 230 g/mol. The standard InChI is InChI=1S/C10H14O6/c1-3-5-15-9(13)7(11)8(12)10(14)16-6-4-2/h3-6H2,1-2H3. The number of esters is 2. The fraction of sp³-hybridized carbons (Fsp3) is 0.600. The van der Waals surface area contributed by atoms with Gasteiger partial charge in [0.25, 0.3) is 0 Å². The maximum atomic E-state index is 11.0. The first-order valence-corrected chi connectivity index (χ1v) is 4.97. The molecule has 0 bridgehead atoms. The van der Waals surface area contributed by atoms with Gasteiger partial charge in [-0.25, -0.2) is 9.59 Å². The fourth-order valence-electron chi connectivity index (χ4n) is 0.706. The van der Waals surface area contributed by atoms with Crippen LogP contribution in [0.15, 0.2) is 0 Å². The minimum atomic E-state index is -1.49. The minimum absolute atomic E-state index is 0.0296. The maximum absolute atomic E-state index is 11.0. The Kier molecular flexibility index (Phi) is 6.74. The summed E-state index contributed by atoms with van der Waals surface area (Å²) >= 11 is 0. The van der Waals surface area contributed by atoms with Gasteiger partial charge < -0.3 is 9.47 Å². The van der Waals surface area contributed by atoms with Crippen molar-refractivity contribution in [2.24, 2.45) is 0 Å². The Hall–Kier alpha value is -1.72. The molecule has 0 aromatic heterocycles. The van der Waals surface area contributed by atoms with Crippen LogP contribution in [0.25, 0.3) is 0 Å². The fourth-order valence-corrected chi connectivity index (χ4v) is 0.706. The van der Waals surface area contributed by atoms with Gasteiger partial charge in [0.15, 0.2) is 0 Å². The summed E-state index contributed by atoms with van der Waals surface area (Å²) in [6.07, 6.45) is 1.04. The highest BCUT2D eigenvalue weighted by molar-refractivity contribution is 6.76. The molecule has 0 saturated heterocycles. The molecule has 0 fully saturated rings. The predicted molar refractivity (Wildman–Crippen MR) is 52.5 cm³/mol. The first kappa shape index (κ1) is 14.3. The van der Waals surface area contributed by atoms with E-state index in [9.17, 15) is 19.2 Å². The van der Waals surface area contributed by atoms with Crippen molar-refractivity contribution < 1.29 is 28.7 Å². The van der Waals surface area contributed by atoms with Gasteiger partial charge in [0.05, 0.1) is 13.2 Å². The third-order valence-corrected chi connectivity index (χ3v) is 1.45. The lowest BCUT2D eigenvalue weighted by molar-refractivity contribution is -0.163. The van der Waals surface area contributed by atoms with Crippen LogP contribution in [0.2, 0.25) is 0 Å². The molecule has 0 aliphatic heterocycles.